The van der Waals surface area contributed by atoms with Crippen LogP contribution in [0.25, 0.3) is 11.2 Å². The van der Waals surface area contributed by atoms with Crippen LogP contribution in [-0.2, 0) is 13.0 Å². The largest absolute Gasteiger partial charge is 0.369 e. The summed E-state index contributed by atoms with van der Waals surface area (Å²) < 4.78 is 1.55. The first-order chi connectivity index (χ1) is 10.2. The molecule has 21 heavy (non-hydrogen) atoms. The van der Waals surface area contributed by atoms with E-state index in [1.165, 1.54) is 0 Å². The fourth-order valence-corrected chi connectivity index (χ4v) is 2.45. The van der Waals surface area contributed by atoms with Gasteiger partial charge in [-0.25, -0.2) is 4.98 Å². The second-order valence-electron chi connectivity index (χ2n) is 5.47. The quantitative estimate of drug-likeness (QED) is 0.732. The maximum Gasteiger partial charge on any atom is 0.280 e. The number of fused-ring (bicyclic) bond motifs is 1. The lowest BCUT2D eigenvalue weighted by Gasteiger charge is -2.07. The second kappa shape index (κ2) is 7.24. The summed E-state index contributed by atoms with van der Waals surface area (Å²) in [6.45, 7) is 4.91. The Balaban J connectivity index is 2.25. The standard InChI is InChI=1S/C15H25N5O/c1-3-5-7-9-11-17-12-13(18-11)19-15(16)20(14(12)21)10-8-6-4-2/h3-10H2,1-2H3,(H2,16,19)(H,17,18). The van der Waals surface area contributed by atoms with Gasteiger partial charge in [-0.15, -0.1) is 0 Å². The van der Waals surface area contributed by atoms with Crippen LogP contribution in [0.1, 0.15) is 58.2 Å². The molecule has 0 saturated carbocycles. The Morgan fingerprint density at radius 1 is 1.10 bits per heavy atom. The summed E-state index contributed by atoms with van der Waals surface area (Å²) in [6.07, 6.45) is 7.36. The number of nitrogen functional groups attached to an aromatic ring is 1. The van der Waals surface area contributed by atoms with E-state index in [9.17, 15) is 4.79 Å². The van der Waals surface area contributed by atoms with Crippen molar-refractivity contribution in [2.45, 2.75) is 65.3 Å². The zero-order valence-corrected chi connectivity index (χ0v) is 13.0. The summed E-state index contributed by atoms with van der Waals surface area (Å²) in [5.41, 5.74) is 6.71. The van der Waals surface area contributed by atoms with Gasteiger partial charge in [0.05, 0.1) is 0 Å². The van der Waals surface area contributed by atoms with Gasteiger partial charge < -0.3 is 10.7 Å². The third-order valence-corrected chi connectivity index (χ3v) is 3.69. The number of nitrogens with two attached hydrogens (primary N) is 1. The molecule has 2 aromatic rings. The molecule has 2 heterocycles. The molecule has 0 spiro atoms. The smallest absolute Gasteiger partial charge is 0.280 e. The minimum Gasteiger partial charge on any atom is -0.369 e. The number of hydrogen-bond acceptors (Lipinski definition) is 4. The molecule has 3 N–H and O–H groups in total. The van der Waals surface area contributed by atoms with Gasteiger partial charge in [-0.3, -0.25) is 9.36 Å². The number of hydrogen-bond donors (Lipinski definition) is 2. The van der Waals surface area contributed by atoms with Crippen LogP contribution in [0, 0.1) is 0 Å². The van der Waals surface area contributed by atoms with Crippen molar-refractivity contribution in [1.82, 2.24) is 19.5 Å². The number of H-pyrrole nitrogens is 1. The van der Waals surface area contributed by atoms with Crippen LogP contribution >= 0.6 is 0 Å². The van der Waals surface area contributed by atoms with Crippen LogP contribution in [0.15, 0.2) is 4.79 Å². The molecule has 0 bridgehead atoms. The number of anilines is 1. The number of nitrogens with one attached hydrogen (secondary N) is 1. The van der Waals surface area contributed by atoms with Crippen LogP contribution in [0.3, 0.4) is 0 Å². The number of aryl methyl sites for hydroxylation is 1. The molecular formula is C15H25N5O. The van der Waals surface area contributed by atoms with E-state index in [1.54, 1.807) is 4.57 Å². The van der Waals surface area contributed by atoms with Gasteiger partial charge in [0.2, 0.25) is 5.95 Å². The first-order valence-electron chi connectivity index (χ1n) is 7.92. The Kier molecular flexibility index (Phi) is 5.36. The molecule has 2 aromatic heterocycles. The van der Waals surface area contributed by atoms with Crippen molar-refractivity contribution in [2.75, 3.05) is 5.73 Å². The Bertz CT molecular complexity index is 643. The highest BCUT2D eigenvalue weighted by molar-refractivity contribution is 5.70. The molecule has 2 rings (SSSR count). The lowest BCUT2D eigenvalue weighted by molar-refractivity contribution is 0.591. The van der Waals surface area contributed by atoms with Crippen LogP contribution < -0.4 is 11.3 Å². The SMILES string of the molecule is CCCCCc1nc2nc(N)n(CCCCC)c(=O)c2[nH]1. The Morgan fingerprint density at radius 3 is 2.52 bits per heavy atom. The number of nitrogens with zero attached hydrogens (tertiary/aromatic N) is 3. The van der Waals surface area contributed by atoms with E-state index in [0.29, 0.717) is 17.7 Å². The third-order valence-electron chi connectivity index (χ3n) is 3.69. The van der Waals surface area contributed by atoms with Crippen molar-refractivity contribution < 1.29 is 0 Å². The first-order valence-corrected chi connectivity index (χ1v) is 7.92. The second-order valence-corrected chi connectivity index (χ2v) is 5.47. The van der Waals surface area contributed by atoms with Crippen molar-refractivity contribution in [2.24, 2.45) is 0 Å². The topological polar surface area (TPSA) is 89.6 Å². The molecule has 6 nitrogen and oxygen atoms in total. The predicted octanol–water partition coefficient (Wildman–Crippen LogP) is 2.62. The van der Waals surface area contributed by atoms with E-state index in [1.807, 2.05) is 0 Å². The van der Waals surface area contributed by atoms with Crippen molar-refractivity contribution in [3.05, 3.63) is 16.2 Å². The highest BCUT2D eigenvalue weighted by Crippen LogP contribution is 2.10. The third kappa shape index (κ3) is 3.62. The Labute approximate surface area is 124 Å². The molecule has 0 aliphatic rings. The Morgan fingerprint density at radius 2 is 1.81 bits per heavy atom. The molecule has 0 saturated heterocycles. The number of aromatic nitrogens is 4. The van der Waals surface area contributed by atoms with Gasteiger partial charge in [-0.05, 0) is 12.8 Å². The van der Waals surface area contributed by atoms with Crippen LogP contribution in [0.2, 0.25) is 0 Å². The maximum atomic E-state index is 12.5. The van der Waals surface area contributed by atoms with E-state index in [0.717, 1.165) is 50.8 Å². The zero-order valence-electron chi connectivity index (χ0n) is 13.0. The maximum absolute atomic E-state index is 12.5. The Hall–Kier alpha value is -1.85. The van der Waals surface area contributed by atoms with Gasteiger partial charge in [-0.1, -0.05) is 39.5 Å². The van der Waals surface area contributed by atoms with Crippen LogP contribution in [-0.4, -0.2) is 19.5 Å². The minimum absolute atomic E-state index is 0.108. The lowest BCUT2D eigenvalue weighted by Crippen LogP contribution is -2.24. The van der Waals surface area contributed by atoms with Gasteiger partial charge in [0.15, 0.2) is 11.2 Å². The average molecular weight is 291 g/mol. The average Bonchev–Trinajstić information content (AvgIpc) is 2.86. The molecule has 0 aliphatic carbocycles. The highest BCUT2D eigenvalue weighted by Gasteiger charge is 2.12. The van der Waals surface area contributed by atoms with E-state index in [-0.39, 0.29) is 11.5 Å². The van der Waals surface area contributed by atoms with E-state index >= 15 is 0 Å². The predicted molar refractivity (Wildman–Crippen MR) is 85.3 cm³/mol. The van der Waals surface area contributed by atoms with E-state index < -0.39 is 0 Å². The van der Waals surface area contributed by atoms with Crippen LogP contribution in [0.5, 0.6) is 0 Å². The molecule has 6 heteroatoms. The summed E-state index contributed by atoms with van der Waals surface area (Å²) >= 11 is 0. The summed E-state index contributed by atoms with van der Waals surface area (Å²) in [7, 11) is 0. The fourth-order valence-electron chi connectivity index (χ4n) is 2.45. The summed E-state index contributed by atoms with van der Waals surface area (Å²) in [5, 5.41) is 0. The summed E-state index contributed by atoms with van der Waals surface area (Å²) in [6, 6.07) is 0. The highest BCUT2D eigenvalue weighted by atomic mass is 16.1. The molecule has 0 aromatic carbocycles. The fraction of sp³-hybridized carbons (Fsp3) is 0.667. The monoisotopic (exact) mass is 291 g/mol. The number of imidazole rings is 1. The van der Waals surface area contributed by atoms with Gasteiger partial charge in [0, 0.05) is 13.0 Å². The lowest BCUT2D eigenvalue weighted by atomic mass is 10.2. The summed E-state index contributed by atoms with van der Waals surface area (Å²) in [5.74, 6) is 1.09. The van der Waals surface area contributed by atoms with Crippen molar-refractivity contribution in [3.8, 4) is 0 Å². The van der Waals surface area contributed by atoms with E-state index in [2.05, 4.69) is 28.8 Å². The molecule has 0 fully saturated rings. The molecule has 0 atom stereocenters. The zero-order chi connectivity index (χ0) is 15.2. The van der Waals surface area contributed by atoms with Crippen molar-refractivity contribution in [1.29, 1.82) is 0 Å². The number of unbranched alkanes of at least 4 members (excludes halogenated alkanes) is 4. The van der Waals surface area contributed by atoms with Crippen LogP contribution in [0.4, 0.5) is 5.95 Å². The molecule has 0 aliphatic heterocycles. The first kappa shape index (κ1) is 15.5. The normalized spacial score (nSPS) is 11.3. The van der Waals surface area contributed by atoms with Crippen molar-refractivity contribution >= 4 is 17.1 Å². The van der Waals surface area contributed by atoms with E-state index in [4.69, 9.17) is 5.73 Å². The van der Waals surface area contributed by atoms with Gasteiger partial charge in [0.1, 0.15) is 5.82 Å². The molecule has 0 amide bonds. The van der Waals surface area contributed by atoms with Gasteiger partial charge in [-0.2, -0.15) is 4.98 Å². The van der Waals surface area contributed by atoms with Gasteiger partial charge in [0.25, 0.3) is 5.56 Å². The van der Waals surface area contributed by atoms with Gasteiger partial charge >= 0.3 is 0 Å². The number of aromatic amines is 1. The summed E-state index contributed by atoms with van der Waals surface area (Å²) in [4.78, 5) is 24.2. The molecule has 0 radical (unpaired) electrons. The molecular weight excluding hydrogens is 266 g/mol. The van der Waals surface area contributed by atoms with Crippen molar-refractivity contribution in [3.63, 3.8) is 0 Å². The molecule has 116 valence electrons. The number of rotatable bonds is 8. The molecule has 0 unspecified atom stereocenters. The minimum atomic E-state index is -0.108.